The molecule has 0 fully saturated rings. The Morgan fingerprint density at radius 2 is 1.85 bits per heavy atom. The summed E-state index contributed by atoms with van der Waals surface area (Å²) in [4.78, 5) is 4.59. The van der Waals surface area contributed by atoms with E-state index in [1.807, 2.05) is 28.8 Å². The SMILES string of the molecule is Cl.Fc1ccc(Cc2nc3ccccn3c2CCl)cc1. The second-order valence-corrected chi connectivity index (χ2v) is 4.64. The van der Waals surface area contributed by atoms with Crippen molar-refractivity contribution >= 4 is 29.7 Å². The summed E-state index contributed by atoms with van der Waals surface area (Å²) >= 11 is 6.02. The Kier molecular flexibility index (Phi) is 4.63. The summed E-state index contributed by atoms with van der Waals surface area (Å²) in [6.07, 6.45) is 2.61. The van der Waals surface area contributed by atoms with E-state index in [-0.39, 0.29) is 18.2 Å². The fourth-order valence-electron chi connectivity index (χ4n) is 2.17. The number of rotatable bonds is 3. The van der Waals surface area contributed by atoms with Gasteiger partial charge in [-0.25, -0.2) is 9.37 Å². The Hall–Kier alpha value is -1.58. The zero-order valence-electron chi connectivity index (χ0n) is 10.6. The van der Waals surface area contributed by atoms with Gasteiger partial charge in [0.05, 0.1) is 17.3 Å². The minimum Gasteiger partial charge on any atom is -0.303 e. The molecule has 2 heterocycles. The fraction of sp³-hybridized carbons (Fsp3) is 0.133. The number of alkyl halides is 1. The highest BCUT2D eigenvalue weighted by Gasteiger charge is 2.11. The van der Waals surface area contributed by atoms with Gasteiger partial charge in [-0.3, -0.25) is 0 Å². The van der Waals surface area contributed by atoms with Gasteiger partial charge in [0.15, 0.2) is 0 Å². The van der Waals surface area contributed by atoms with Crippen molar-refractivity contribution in [2.45, 2.75) is 12.3 Å². The lowest BCUT2D eigenvalue weighted by atomic mass is 10.1. The molecule has 104 valence electrons. The van der Waals surface area contributed by atoms with Crippen LogP contribution in [-0.2, 0) is 12.3 Å². The van der Waals surface area contributed by atoms with Gasteiger partial charge in [0.1, 0.15) is 11.5 Å². The maximum Gasteiger partial charge on any atom is 0.137 e. The molecular weight excluding hydrogens is 298 g/mol. The van der Waals surface area contributed by atoms with Crippen LogP contribution in [0.1, 0.15) is 17.0 Å². The molecule has 3 aromatic rings. The Balaban J connectivity index is 0.00000147. The number of halogens is 3. The van der Waals surface area contributed by atoms with E-state index in [0.717, 1.165) is 22.6 Å². The van der Waals surface area contributed by atoms with Crippen molar-refractivity contribution in [1.82, 2.24) is 9.38 Å². The molecule has 0 aliphatic heterocycles. The highest BCUT2D eigenvalue weighted by molar-refractivity contribution is 6.17. The number of nitrogens with zero attached hydrogens (tertiary/aromatic N) is 2. The molecule has 5 heteroatoms. The van der Waals surface area contributed by atoms with Crippen LogP contribution < -0.4 is 0 Å². The van der Waals surface area contributed by atoms with Crippen LogP contribution in [0.4, 0.5) is 4.39 Å². The molecule has 0 bridgehead atoms. The molecule has 0 saturated heterocycles. The number of imidazole rings is 1. The summed E-state index contributed by atoms with van der Waals surface area (Å²) in [5.74, 6) is 0.179. The first-order valence-corrected chi connectivity index (χ1v) is 6.56. The Labute approximate surface area is 127 Å². The maximum atomic E-state index is 12.9. The van der Waals surface area contributed by atoms with Gasteiger partial charge in [-0.15, -0.1) is 24.0 Å². The van der Waals surface area contributed by atoms with Crippen molar-refractivity contribution in [1.29, 1.82) is 0 Å². The molecule has 20 heavy (non-hydrogen) atoms. The summed E-state index contributed by atoms with van der Waals surface area (Å²) in [7, 11) is 0. The van der Waals surface area contributed by atoms with E-state index in [4.69, 9.17) is 11.6 Å². The average molecular weight is 311 g/mol. The van der Waals surface area contributed by atoms with Crippen LogP contribution in [0.15, 0.2) is 48.7 Å². The van der Waals surface area contributed by atoms with Gasteiger partial charge >= 0.3 is 0 Å². The molecule has 2 nitrogen and oxygen atoms in total. The van der Waals surface area contributed by atoms with Crippen molar-refractivity contribution in [3.8, 4) is 0 Å². The normalized spacial score (nSPS) is 10.5. The summed E-state index contributed by atoms with van der Waals surface area (Å²) < 4.78 is 14.9. The van der Waals surface area contributed by atoms with Crippen molar-refractivity contribution < 1.29 is 4.39 Å². The number of hydrogen-bond donors (Lipinski definition) is 0. The van der Waals surface area contributed by atoms with E-state index in [1.165, 1.54) is 12.1 Å². The number of benzene rings is 1. The van der Waals surface area contributed by atoms with Crippen molar-refractivity contribution in [3.05, 3.63) is 71.4 Å². The smallest absolute Gasteiger partial charge is 0.137 e. The molecule has 0 radical (unpaired) electrons. The number of hydrogen-bond acceptors (Lipinski definition) is 1. The standard InChI is InChI=1S/C15H12ClFN2.ClH/c16-10-14-13(9-11-4-6-12(17)7-5-11)18-15-3-1-2-8-19(14)15;/h1-8H,9-10H2;1H. The summed E-state index contributed by atoms with van der Waals surface area (Å²) in [5.41, 5.74) is 3.83. The fourth-order valence-corrected chi connectivity index (χ4v) is 2.46. The monoisotopic (exact) mass is 310 g/mol. The molecule has 0 N–H and O–H groups in total. The number of pyridine rings is 1. The van der Waals surface area contributed by atoms with Crippen LogP contribution in [0.2, 0.25) is 0 Å². The zero-order chi connectivity index (χ0) is 13.2. The summed E-state index contributed by atoms with van der Waals surface area (Å²) in [5, 5.41) is 0. The van der Waals surface area contributed by atoms with E-state index in [2.05, 4.69) is 4.98 Å². The van der Waals surface area contributed by atoms with E-state index in [9.17, 15) is 4.39 Å². The van der Waals surface area contributed by atoms with E-state index >= 15 is 0 Å². The van der Waals surface area contributed by atoms with Gasteiger partial charge < -0.3 is 4.40 Å². The van der Waals surface area contributed by atoms with Gasteiger partial charge in [-0.05, 0) is 29.8 Å². The van der Waals surface area contributed by atoms with Crippen LogP contribution in [0.3, 0.4) is 0 Å². The van der Waals surface area contributed by atoms with Crippen LogP contribution >= 0.6 is 24.0 Å². The second-order valence-electron chi connectivity index (χ2n) is 4.37. The number of fused-ring (bicyclic) bond motifs is 1. The predicted octanol–water partition coefficient (Wildman–Crippen LogP) is 4.22. The van der Waals surface area contributed by atoms with Crippen molar-refractivity contribution in [2.75, 3.05) is 0 Å². The zero-order valence-corrected chi connectivity index (χ0v) is 12.2. The largest absolute Gasteiger partial charge is 0.303 e. The molecule has 3 rings (SSSR count). The number of aromatic nitrogens is 2. The lowest BCUT2D eigenvalue weighted by Crippen LogP contribution is -1.95. The molecular formula is C15H13Cl2FN2. The quantitative estimate of drug-likeness (QED) is 0.662. The van der Waals surface area contributed by atoms with Crippen molar-refractivity contribution in [2.24, 2.45) is 0 Å². The van der Waals surface area contributed by atoms with Crippen molar-refractivity contribution in [3.63, 3.8) is 0 Å². The van der Waals surface area contributed by atoms with Gasteiger partial charge in [0, 0.05) is 12.6 Å². The molecule has 2 aromatic heterocycles. The predicted molar refractivity (Wildman–Crippen MR) is 81.2 cm³/mol. The van der Waals surface area contributed by atoms with Gasteiger partial charge in [0.25, 0.3) is 0 Å². The topological polar surface area (TPSA) is 17.3 Å². The lowest BCUT2D eigenvalue weighted by molar-refractivity contribution is 0.627. The highest BCUT2D eigenvalue weighted by Crippen LogP contribution is 2.18. The molecule has 0 saturated carbocycles. The van der Waals surface area contributed by atoms with Crippen LogP contribution in [0, 0.1) is 5.82 Å². The maximum absolute atomic E-state index is 12.9. The third-order valence-electron chi connectivity index (χ3n) is 3.12. The first-order valence-electron chi connectivity index (χ1n) is 6.03. The first-order chi connectivity index (χ1) is 9.28. The van der Waals surface area contributed by atoms with Gasteiger partial charge in [-0.2, -0.15) is 0 Å². The minimum atomic E-state index is -0.226. The van der Waals surface area contributed by atoms with Gasteiger partial charge in [-0.1, -0.05) is 18.2 Å². The molecule has 0 atom stereocenters. The Morgan fingerprint density at radius 1 is 1.10 bits per heavy atom. The molecule has 0 amide bonds. The molecule has 0 spiro atoms. The Morgan fingerprint density at radius 3 is 2.55 bits per heavy atom. The lowest BCUT2D eigenvalue weighted by Gasteiger charge is -2.01. The highest BCUT2D eigenvalue weighted by atomic mass is 35.5. The third kappa shape index (κ3) is 2.79. The van der Waals surface area contributed by atoms with E-state index in [0.29, 0.717) is 12.3 Å². The van der Waals surface area contributed by atoms with Crippen LogP contribution in [-0.4, -0.2) is 9.38 Å². The second kappa shape index (κ2) is 6.25. The van der Waals surface area contributed by atoms with Crippen LogP contribution in [0.5, 0.6) is 0 Å². The summed E-state index contributed by atoms with van der Waals surface area (Å²) in [6.45, 7) is 0. The molecule has 0 aliphatic rings. The van der Waals surface area contributed by atoms with Crippen LogP contribution in [0.25, 0.3) is 5.65 Å². The van der Waals surface area contributed by atoms with E-state index in [1.54, 1.807) is 12.1 Å². The Bertz CT molecular complexity index is 707. The van der Waals surface area contributed by atoms with E-state index < -0.39 is 0 Å². The first kappa shape index (κ1) is 14.8. The molecule has 1 aromatic carbocycles. The summed E-state index contributed by atoms with van der Waals surface area (Å²) in [6, 6.07) is 12.3. The molecule has 0 unspecified atom stereocenters. The third-order valence-corrected chi connectivity index (χ3v) is 3.38. The minimum absolute atomic E-state index is 0. The molecule has 0 aliphatic carbocycles. The van der Waals surface area contributed by atoms with Gasteiger partial charge in [0.2, 0.25) is 0 Å². The average Bonchev–Trinajstić information content (AvgIpc) is 2.78.